The van der Waals surface area contributed by atoms with Gasteiger partial charge in [-0.3, -0.25) is 4.67 Å². The van der Waals surface area contributed by atoms with Gasteiger partial charge in [0.05, 0.1) is 0 Å². The van der Waals surface area contributed by atoms with E-state index in [-0.39, 0.29) is 0 Å². The van der Waals surface area contributed by atoms with Crippen molar-refractivity contribution in [3.05, 3.63) is 0 Å². The van der Waals surface area contributed by atoms with Crippen LogP contribution in [0.3, 0.4) is 0 Å². The predicted octanol–water partition coefficient (Wildman–Crippen LogP) is -0.418. The van der Waals surface area contributed by atoms with E-state index in [1.807, 2.05) is 0 Å². The molecule has 0 saturated heterocycles. The molecule has 0 rings (SSSR count). The van der Waals surface area contributed by atoms with Gasteiger partial charge in [0.1, 0.15) is 5.81 Å². The van der Waals surface area contributed by atoms with Gasteiger partial charge in [-0.15, -0.1) is 0 Å². The molecular weight excluding hydrogens is 127 g/mol. The highest BCUT2D eigenvalue weighted by atomic mass is 31.2. The summed E-state index contributed by atoms with van der Waals surface area (Å²) in [5.41, 5.74) is 0. The van der Waals surface area contributed by atoms with Crippen molar-refractivity contribution < 1.29 is 9.46 Å². The Morgan fingerprint density at radius 2 is 2.12 bits per heavy atom. The van der Waals surface area contributed by atoms with E-state index in [4.69, 9.17) is 5.26 Å². The molecule has 0 radical (unpaired) electrons. The number of hydrogen-bond donors (Lipinski definition) is 0. The standard InChI is InChI=1S/C3H7N2O2P/c1-5(2)8(6,7)3-4/h1-2H3,(H,6,7)/p-1. The van der Waals surface area contributed by atoms with Gasteiger partial charge in [-0.25, -0.2) is 0 Å². The molecule has 1 unspecified atom stereocenters. The Bertz CT molecular complexity index is 159. The molecule has 0 spiro atoms. The monoisotopic (exact) mass is 133 g/mol. The molecule has 0 aromatic carbocycles. The maximum absolute atomic E-state index is 10.3. The fourth-order valence-corrected chi connectivity index (χ4v) is 0.268. The van der Waals surface area contributed by atoms with Crippen LogP contribution in [0.2, 0.25) is 0 Å². The van der Waals surface area contributed by atoms with Crippen molar-refractivity contribution in [3.8, 4) is 5.81 Å². The lowest BCUT2D eigenvalue weighted by molar-refractivity contribution is -0.181. The predicted molar refractivity (Wildman–Crippen MR) is 26.9 cm³/mol. The normalized spacial score (nSPS) is 17.4. The summed E-state index contributed by atoms with van der Waals surface area (Å²) in [5.74, 6) is 1.17. The zero-order valence-electron chi connectivity index (χ0n) is 4.66. The maximum Gasteiger partial charge on any atom is 0.179 e. The molecule has 0 aliphatic heterocycles. The first kappa shape index (κ1) is 7.64. The van der Waals surface area contributed by atoms with Crippen molar-refractivity contribution >= 4 is 7.52 Å². The van der Waals surface area contributed by atoms with E-state index in [0.29, 0.717) is 0 Å². The largest absolute Gasteiger partial charge is 0.777 e. The first-order valence-electron chi connectivity index (χ1n) is 1.91. The van der Waals surface area contributed by atoms with Crippen molar-refractivity contribution in [2.45, 2.75) is 0 Å². The summed E-state index contributed by atoms with van der Waals surface area (Å²) < 4.78 is 11.2. The summed E-state index contributed by atoms with van der Waals surface area (Å²) in [4.78, 5) is 10.3. The molecule has 5 heteroatoms. The minimum absolute atomic E-state index is 0.882. The molecule has 0 aromatic heterocycles. The van der Waals surface area contributed by atoms with E-state index >= 15 is 0 Å². The van der Waals surface area contributed by atoms with Gasteiger partial charge in [-0.1, -0.05) is 0 Å². The minimum Gasteiger partial charge on any atom is -0.777 e. The van der Waals surface area contributed by atoms with Crippen LogP contribution < -0.4 is 4.89 Å². The van der Waals surface area contributed by atoms with Crippen LogP contribution in [0.4, 0.5) is 0 Å². The molecule has 46 valence electrons. The van der Waals surface area contributed by atoms with Crippen molar-refractivity contribution in [1.82, 2.24) is 4.67 Å². The summed E-state index contributed by atoms with van der Waals surface area (Å²) >= 11 is 0. The minimum atomic E-state index is -3.86. The molecule has 0 aliphatic carbocycles. The van der Waals surface area contributed by atoms with Crippen LogP contribution >= 0.6 is 7.52 Å². The third-order valence-electron chi connectivity index (χ3n) is 0.653. The highest BCUT2D eigenvalue weighted by Crippen LogP contribution is 2.34. The van der Waals surface area contributed by atoms with Gasteiger partial charge in [0, 0.05) is 0 Å². The van der Waals surface area contributed by atoms with Crippen LogP contribution in [-0.4, -0.2) is 18.8 Å². The second-order valence-electron chi connectivity index (χ2n) is 1.47. The van der Waals surface area contributed by atoms with Crippen LogP contribution in [0.15, 0.2) is 0 Å². The molecule has 0 heterocycles. The highest BCUT2D eigenvalue weighted by Gasteiger charge is 2.06. The van der Waals surface area contributed by atoms with Crippen molar-refractivity contribution in [2.24, 2.45) is 0 Å². The third-order valence-corrected chi connectivity index (χ3v) is 1.96. The van der Waals surface area contributed by atoms with Gasteiger partial charge < -0.3 is 9.46 Å². The molecule has 0 saturated carbocycles. The van der Waals surface area contributed by atoms with E-state index in [1.165, 1.54) is 19.9 Å². The average molecular weight is 133 g/mol. The van der Waals surface area contributed by atoms with Crippen LogP contribution in [-0.2, 0) is 4.57 Å². The fraction of sp³-hybridized carbons (Fsp3) is 0.667. The van der Waals surface area contributed by atoms with E-state index < -0.39 is 7.52 Å². The molecule has 0 aliphatic rings. The molecule has 0 aromatic rings. The van der Waals surface area contributed by atoms with Crippen LogP contribution in [0, 0.1) is 11.1 Å². The molecule has 0 N–H and O–H groups in total. The molecule has 8 heavy (non-hydrogen) atoms. The Morgan fingerprint density at radius 3 is 2.12 bits per heavy atom. The third kappa shape index (κ3) is 1.63. The zero-order chi connectivity index (χ0) is 6.78. The van der Waals surface area contributed by atoms with Gasteiger partial charge in [0.25, 0.3) is 0 Å². The molecule has 0 fully saturated rings. The lowest BCUT2D eigenvalue weighted by atomic mass is 11.3. The second-order valence-corrected chi connectivity index (χ2v) is 3.51. The molecule has 4 nitrogen and oxygen atoms in total. The second kappa shape index (κ2) is 2.27. The van der Waals surface area contributed by atoms with E-state index in [0.717, 1.165) is 4.67 Å². The fourth-order valence-electron chi connectivity index (χ4n) is 0.0894. The average Bonchev–Trinajstić information content (AvgIpc) is 1.67. The lowest BCUT2D eigenvalue weighted by Gasteiger charge is -2.21. The highest BCUT2D eigenvalue weighted by molar-refractivity contribution is 7.59. The Labute approximate surface area is 47.8 Å². The van der Waals surface area contributed by atoms with Crippen molar-refractivity contribution in [2.75, 3.05) is 14.1 Å². The summed E-state index contributed by atoms with van der Waals surface area (Å²) in [6.45, 7) is 0. The van der Waals surface area contributed by atoms with E-state index in [1.54, 1.807) is 0 Å². The lowest BCUT2D eigenvalue weighted by Crippen LogP contribution is -2.15. The van der Waals surface area contributed by atoms with Gasteiger partial charge in [0.2, 0.25) is 0 Å². The van der Waals surface area contributed by atoms with Gasteiger partial charge in [-0.05, 0) is 14.1 Å². The van der Waals surface area contributed by atoms with E-state index in [2.05, 4.69) is 0 Å². The molecule has 1 atom stereocenters. The summed E-state index contributed by atoms with van der Waals surface area (Å²) in [6.07, 6.45) is 0. The van der Waals surface area contributed by atoms with Crippen LogP contribution in [0.25, 0.3) is 0 Å². The Morgan fingerprint density at radius 1 is 1.75 bits per heavy atom. The topological polar surface area (TPSA) is 67.2 Å². The zero-order valence-corrected chi connectivity index (χ0v) is 5.55. The number of nitrogens with zero attached hydrogens (tertiary/aromatic N) is 2. The summed E-state index contributed by atoms with van der Waals surface area (Å²) in [7, 11) is -1.22. The van der Waals surface area contributed by atoms with Gasteiger partial charge in [0.15, 0.2) is 7.52 Å². The number of nitriles is 1. The van der Waals surface area contributed by atoms with Crippen molar-refractivity contribution in [1.29, 1.82) is 5.26 Å². The quantitative estimate of drug-likeness (QED) is 0.455. The van der Waals surface area contributed by atoms with Crippen molar-refractivity contribution in [3.63, 3.8) is 0 Å². The number of hydrogen-bond acceptors (Lipinski definition) is 3. The number of rotatable bonds is 1. The SMILES string of the molecule is CN(C)P(=O)([O-])C#N. The van der Waals surface area contributed by atoms with Gasteiger partial charge in [-0.2, -0.15) is 5.26 Å². The molecule has 0 bridgehead atoms. The molecular formula is C3H6N2O2P-. The van der Waals surface area contributed by atoms with Gasteiger partial charge >= 0.3 is 0 Å². The smallest absolute Gasteiger partial charge is 0.179 e. The Balaban J connectivity index is 4.21. The Hall–Kier alpha value is -0.360. The maximum atomic E-state index is 10.3. The van der Waals surface area contributed by atoms with E-state index in [9.17, 15) is 9.46 Å². The van der Waals surface area contributed by atoms with Crippen LogP contribution in [0.1, 0.15) is 0 Å². The summed E-state index contributed by atoms with van der Waals surface area (Å²) in [6, 6.07) is 0. The first-order valence-corrected chi connectivity index (χ1v) is 3.48. The molecule has 0 amide bonds. The van der Waals surface area contributed by atoms with Crippen LogP contribution in [0.5, 0.6) is 0 Å². The summed E-state index contributed by atoms with van der Waals surface area (Å²) in [5, 5.41) is 7.90. The Kier molecular flexibility index (Phi) is 2.17. The first-order chi connectivity index (χ1) is 3.50.